The van der Waals surface area contributed by atoms with Crippen molar-refractivity contribution in [3.63, 3.8) is 0 Å². The summed E-state index contributed by atoms with van der Waals surface area (Å²) in [4.78, 5) is 0. The van der Waals surface area contributed by atoms with Crippen molar-refractivity contribution < 1.29 is 31.5 Å². The average molecular weight is 374 g/mol. The van der Waals surface area contributed by atoms with Crippen molar-refractivity contribution in [2.45, 2.75) is 25.0 Å². The van der Waals surface area contributed by atoms with Crippen LogP contribution in [0.15, 0.2) is 72.8 Å². The van der Waals surface area contributed by atoms with E-state index in [2.05, 4.69) is 6.07 Å². The summed E-state index contributed by atoms with van der Waals surface area (Å²) >= 11 is 0. The smallest absolute Gasteiger partial charge is 0.418 e. The van der Waals surface area contributed by atoms with Crippen molar-refractivity contribution in [1.82, 2.24) is 0 Å². The van der Waals surface area contributed by atoms with E-state index in [-0.39, 0.29) is 36.4 Å². The van der Waals surface area contributed by atoms with Crippen molar-refractivity contribution >= 4 is 12.6 Å². The molecule has 1 fully saturated rings. The van der Waals surface area contributed by atoms with Crippen molar-refractivity contribution in [2.75, 3.05) is 0 Å². The Hall–Kier alpha value is -1.78. The monoisotopic (exact) mass is 374 g/mol. The third-order valence-electron chi connectivity index (χ3n) is 4.60. The SMILES string of the molecule is Oc1cccc2c1C[C@H]1OB([c-]3cccc3)O[C@H]1C2.[Fe].[cH-]1[cH-][cH-][cH-][cH-]1. The molecule has 1 N–H and O–H groups in total. The Balaban J connectivity index is 0.000000264. The number of rotatable bonds is 1. The molecule has 3 nitrogen and oxygen atoms in total. The van der Waals surface area contributed by atoms with Crippen LogP contribution in [0, 0.1) is 0 Å². The fraction of sp³-hybridized carbons (Fsp3) is 0.200. The molecule has 0 saturated carbocycles. The second-order valence-electron chi connectivity index (χ2n) is 6.18. The van der Waals surface area contributed by atoms with Gasteiger partial charge in [0.25, 0.3) is 0 Å². The van der Waals surface area contributed by atoms with Crippen molar-refractivity contribution in [3.8, 4) is 5.75 Å². The Bertz CT molecular complexity index is 753. The number of aromatic hydroxyl groups is 1. The van der Waals surface area contributed by atoms with Crippen LogP contribution in [0.3, 0.4) is 0 Å². The van der Waals surface area contributed by atoms with Gasteiger partial charge in [0.2, 0.25) is 0 Å². The molecule has 3 aromatic carbocycles. The molecule has 5 heteroatoms. The molecule has 0 unspecified atom stereocenters. The number of benzene rings is 1. The molecule has 5 rings (SSSR count). The van der Waals surface area contributed by atoms with Crippen molar-refractivity contribution in [3.05, 3.63) is 83.9 Å². The summed E-state index contributed by atoms with van der Waals surface area (Å²) in [5.41, 5.74) is 3.26. The number of phenolic OH excluding ortho intramolecular Hbond substituents is 1. The molecule has 1 heterocycles. The largest absolute Gasteiger partial charge is 0.748 e. The number of hydrogen-bond donors (Lipinski definition) is 1. The van der Waals surface area contributed by atoms with E-state index < -0.39 is 0 Å². The summed E-state index contributed by atoms with van der Waals surface area (Å²) in [7, 11) is -0.263. The first-order chi connectivity index (χ1) is 11.8. The summed E-state index contributed by atoms with van der Waals surface area (Å²) in [5, 5.41) is 9.93. The molecule has 0 aromatic heterocycles. The van der Waals surface area contributed by atoms with E-state index in [1.807, 2.05) is 60.7 Å². The van der Waals surface area contributed by atoms with Gasteiger partial charge in [-0.25, -0.2) is 12.1 Å². The summed E-state index contributed by atoms with van der Waals surface area (Å²) in [6.07, 6.45) is 1.67. The molecule has 1 aliphatic carbocycles. The van der Waals surface area contributed by atoms with Gasteiger partial charge >= 0.3 is 7.12 Å². The molecule has 0 bridgehead atoms. The predicted octanol–water partition coefficient (Wildman–Crippen LogP) is 2.79. The Labute approximate surface area is 158 Å². The molecule has 0 amide bonds. The molecule has 3 aromatic rings. The summed E-state index contributed by atoms with van der Waals surface area (Å²) in [6, 6.07) is 23.7. The van der Waals surface area contributed by atoms with Gasteiger partial charge in [0, 0.05) is 23.5 Å². The third kappa shape index (κ3) is 3.91. The minimum atomic E-state index is -0.263. The fourth-order valence-corrected chi connectivity index (χ4v) is 3.37. The maximum atomic E-state index is 9.93. The van der Waals surface area contributed by atoms with Gasteiger partial charge in [-0.3, -0.25) is 0 Å². The number of hydrogen-bond acceptors (Lipinski definition) is 3. The van der Waals surface area contributed by atoms with E-state index in [4.69, 9.17) is 9.31 Å². The first-order valence-electron chi connectivity index (χ1n) is 8.30. The molecule has 1 saturated heterocycles. The molecule has 1 aliphatic heterocycles. The maximum absolute atomic E-state index is 9.93. The van der Waals surface area contributed by atoms with Gasteiger partial charge in [-0.1, -0.05) is 12.1 Å². The summed E-state index contributed by atoms with van der Waals surface area (Å²) < 4.78 is 12.0. The molecule has 0 spiro atoms. The van der Waals surface area contributed by atoms with Gasteiger partial charge in [0.1, 0.15) is 5.75 Å². The second kappa shape index (κ2) is 8.07. The van der Waals surface area contributed by atoms with Gasteiger partial charge in [0.05, 0.1) is 12.2 Å². The van der Waals surface area contributed by atoms with Crippen molar-refractivity contribution in [2.24, 2.45) is 0 Å². The van der Waals surface area contributed by atoms with Crippen molar-refractivity contribution in [1.29, 1.82) is 0 Å². The van der Waals surface area contributed by atoms with E-state index in [0.29, 0.717) is 5.75 Å². The molecular weight excluding hydrogens is 355 g/mol. The van der Waals surface area contributed by atoms with Crippen LogP contribution in [0.4, 0.5) is 0 Å². The Morgan fingerprint density at radius 1 is 0.920 bits per heavy atom. The first-order valence-corrected chi connectivity index (χ1v) is 8.30. The van der Waals surface area contributed by atoms with Gasteiger partial charge in [-0.15, -0.1) is 5.46 Å². The van der Waals surface area contributed by atoms with E-state index in [9.17, 15) is 5.11 Å². The zero-order valence-corrected chi connectivity index (χ0v) is 14.8. The van der Waals surface area contributed by atoms with Gasteiger partial charge in [0.15, 0.2) is 0 Å². The van der Waals surface area contributed by atoms with Crippen LogP contribution >= 0.6 is 0 Å². The Kier molecular flexibility index (Phi) is 5.82. The van der Waals surface area contributed by atoms with Crippen LogP contribution in [0.2, 0.25) is 0 Å². The maximum Gasteiger partial charge on any atom is 0.418 e. The second-order valence-corrected chi connectivity index (χ2v) is 6.18. The van der Waals surface area contributed by atoms with Gasteiger partial charge in [-0.2, -0.15) is 12.1 Å². The van der Waals surface area contributed by atoms with Crippen LogP contribution in [0.5, 0.6) is 5.75 Å². The van der Waals surface area contributed by atoms with Gasteiger partial charge in [-0.05, 0) is 23.6 Å². The zero-order valence-electron chi connectivity index (χ0n) is 13.7. The van der Waals surface area contributed by atoms with Gasteiger partial charge < -0.3 is 44.7 Å². The van der Waals surface area contributed by atoms with E-state index >= 15 is 0 Å². The number of phenols is 1. The first kappa shape index (κ1) is 18.0. The Morgan fingerprint density at radius 2 is 1.52 bits per heavy atom. The van der Waals surface area contributed by atoms with Crippen LogP contribution in [0.1, 0.15) is 11.1 Å². The molecule has 0 radical (unpaired) electrons. The van der Waals surface area contributed by atoms with Crippen LogP contribution in [0.25, 0.3) is 0 Å². The average Bonchev–Trinajstić information content (AvgIpc) is 3.34. The molecule has 134 valence electrons. The number of fused-ring (bicyclic) bond motifs is 2. The minimum absolute atomic E-state index is 0. The standard InChI is InChI=1S/C15H14BO3.C5H5.Fe/c17-13-7-3-4-10-8-14-15(9-12(10)13)19-16(18-14)11-5-1-2-6-11;1-2-4-5-3-1;/h1-7,14-15,17H,8-9H2;1-5H;/q-1;-5;/t14-,15+;;/m0../s1. The summed E-state index contributed by atoms with van der Waals surface area (Å²) in [5.74, 6) is 0.372. The third-order valence-corrected chi connectivity index (χ3v) is 4.60. The zero-order chi connectivity index (χ0) is 16.4. The fourth-order valence-electron chi connectivity index (χ4n) is 3.37. The van der Waals surface area contributed by atoms with Crippen LogP contribution < -0.4 is 5.46 Å². The Morgan fingerprint density at radius 3 is 2.16 bits per heavy atom. The van der Waals surface area contributed by atoms with E-state index in [1.165, 1.54) is 5.56 Å². The molecular formula is C20H19BFeO3-6. The molecule has 2 atom stereocenters. The van der Waals surface area contributed by atoms with E-state index in [0.717, 1.165) is 23.9 Å². The molecule has 2 aliphatic rings. The topological polar surface area (TPSA) is 38.7 Å². The van der Waals surface area contributed by atoms with Crippen LogP contribution in [-0.4, -0.2) is 24.4 Å². The predicted molar refractivity (Wildman–Crippen MR) is 94.7 cm³/mol. The quantitative estimate of drug-likeness (QED) is 0.526. The van der Waals surface area contributed by atoms with E-state index in [1.54, 1.807) is 6.07 Å². The minimum Gasteiger partial charge on any atom is -0.748 e. The normalized spacial score (nSPS) is 20.7. The van der Waals surface area contributed by atoms with Crippen LogP contribution in [-0.2, 0) is 39.2 Å². The summed E-state index contributed by atoms with van der Waals surface area (Å²) in [6.45, 7) is 0. The molecule has 25 heavy (non-hydrogen) atoms.